The molecule has 0 N–H and O–H groups in total. The summed E-state index contributed by atoms with van der Waals surface area (Å²) in [4.78, 5) is 25.1. The molecule has 166 valence electrons. The predicted octanol–water partition coefficient (Wildman–Crippen LogP) is 4.60. The zero-order valence-corrected chi connectivity index (χ0v) is 19.0. The zero-order chi connectivity index (χ0) is 23.1. The number of halogens is 2. The molecule has 0 aromatic heterocycles. The molecule has 9 nitrogen and oxygen atoms in total. The van der Waals surface area contributed by atoms with E-state index in [4.69, 9.17) is 42.3 Å². The second-order valence-corrected chi connectivity index (χ2v) is 6.76. The topological polar surface area (TPSA) is 99.0 Å². The van der Waals surface area contributed by atoms with Crippen LogP contribution in [0, 0.1) is 0 Å². The first-order valence-corrected chi connectivity index (χ1v) is 9.54. The van der Waals surface area contributed by atoms with E-state index in [-0.39, 0.29) is 27.9 Å². The quantitative estimate of drug-likeness (QED) is 0.302. The van der Waals surface area contributed by atoms with Gasteiger partial charge in [0.25, 0.3) is 5.91 Å². The average molecular weight is 470 g/mol. The molecule has 2 aromatic rings. The van der Waals surface area contributed by atoms with Crippen LogP contribution < -0.4 is 23.4 Å². The number of azo groups is 1. The fraction of sp³-hybridized carbons (Fsp3) is 0.300. The van der Waals surface area contributed by atoms with Gasteiger partial charge in [-0.2, -0.15) is 10.2 Å². The van der Waals surface area contributed by atoms with Crippen molar-refractivity contribution in [1.29, 1.82) is 0 Å². The van der Waals surface area contributed by atoms with Crippen molar-refractivity contribution < 1.29 is 28.5 Å². The molecule has 2 aromatic carbocycles. The van der Waals surface area contributed by atoms with Gasteiger partial charge in [-0.05, 0) is 19.1 Å². The maximum Gasteiger partial charge on any atom is 0.276 e. The number of anilines is 1. The van der Waals surface area contributed by atoms with Gasteiger partial charge in [0.1, 0.15) is 22.9 Å². The van der Waals surface area contributed by atoms with Crippen LogP contribution in [0.3, 0.4) is 0 Å². The molecular formula is C20H21Cl2N3O6. The standard InChI is InChI=1S/C20H21Cl2N3O6/c1-11(26)18(24-23-13-10-17(31-5)16(30-4)9-12(13)21)20(27)25(22)19-14(28-2)7-6-8-15(19)29-3/h6-10,18H,1-5H3. The lowest BCUT2D eigenvalue weighted by atomic mass is 10.2. The van der Waals surface area contributed by atoms with Gasteiger partial charge in [0.05, 0.1) is 33.5 Å². The summed E-state index contributed by atoms with van der Waals surface area (Å²) in [6.07, 6.45) is 0. The zero-order valence-electron chi connectivity index (χ0n) is 17.5. The first-order valence-electron chi connectivity index (χ1n) is 8.82. The number of ketones is 1. The highest BCUT2D eigenvalue weighted by atomic mass is 35.5. The number of para-hydroxylation sites is 1. The smallest absolute Gasteiger partial charge is 0.276 e. The molecule has 0 aliphatic heterocycles. The molecular weight excluding hydrogens is 449 g/mol. The number of carbonyl (C=O) groups is 2. The van der Waals surface area contributed by atoms with Gasteiger partial charge in [-0.1, -0.05) is 17.7 Å². The Hall–Kier alpha value is -3.04. The highest BCUT2D eigenvalue weighted by Crippen LogP contribution is 2.40. The highest BCUT2D eigenvalue weighted by molar-refractivity contribution is 6.40. The molecule has 0 fully saturated rings. The van der Waals surface area contributed by atoms with Crippen LogP contribution in [0.5, 0.6) is 23.0 Å². The third kappa shape index (κ3) is 5.36. The Labute approximate surface area is 189 Å². The fourth-order valence-corrected chi connectivity index (χ4v) is 3.04. The van der Waals surface area contributed by atoms with Crippen molar-refractivity contribution in [2.75, 3.05) is 32.9 Å². The van der Waals surface area contributed by atoms with Crippen molar-refractivity contribution in [2.24, 2.45) is 10.2 Å². The summed E-state index contributed by atoms with van der Waals surface area (Å²) >= 11 is 12.5. The van der Waals surface area contributed by atoms with Crippen LogP contribution in [0.15, 0.2) is 40.6 Å². The van der Waals surface area contributed by atoms with Crippen LogP contribution in [-0.4, -0.2) is 46.2 Å². The number of carbonyl (C=O) groups excluding carboxylic acids is 2. The van der Waals surface area contributed by atoms with Crippen molar-refractivity contribution in [3.8, 4) is 23.0 Å². The van der Waals surface area contributed by atoms with E-state index < -0.39 is 17.7 Å². The molecule has 0 saturated carbocycles. The van der Waals surface area contributed by atoms with Crippen molar-refractivity contribution >= 4 is 46.4 Å². The second-order valence-electron chi connectivity index (χ2n) is 6.02. The number of ether oxygens (including phenoxy) is 4. The number of benzene rings is 2. The van der Waals surface area contributed by atoms with E-state index in [0.717, 1.165) is 4.42 Å². The Morgan fingerprint density at radius 2 is 1.45 bits per heavy atom. The molecule has 1 amide bonds. The van der Waals surface area contributed by atoms with Gasteiger partial charge in [-0.25, -0.2) is 4.42 Å². The summed E-state index contributed by atoms with van der Waals surface area (Å²) in [6, 6.07) is 6.26. The van der Waals surface area contributed by atoms with Crippen molar-refractivity contribution in [1.82, 2.24) is 0 Å². The molecule has 0 bridgehead atoms. The van der Waals surface area contributed by atoms with Crippen LogP contribution in [0.2, 0.25) is 5.02 Å². The van der Waals surface area contributed by atoms with E-state index in [2.05, 4.69) is 10.2 Å². The molecule has 1 atom stereocenters. The van der Waals surface area contributed by atoms with Gasteiger partial charge in [-0.3, -0.25) is 9.59 Å². The molecule has 0 aliphatic rings. The van der Waals surface area contributed by atoms with E-state index in [0.29, 0.717) is 11.5 Å². The van der Waals surface area contributed by atoms with Gasteiger partial charge in [0, 0.05) is 23.9 Å². The monoisotopic (exact) mass is 469 g/mol. The lowest BCUT2D eigenvalue weighted by molar-refractivity contribution is -0.126. The maximum atomic E-state index is 13.0. The Balaban J connectivity index is 2.42. The summed E-state index contributed by atoms with van der Waals surface area (Å²) in [5.74, 6) is -0.151. The average Bonchev–Trinajstić information content (AvgIpc) is 2.78. The first kappa shape index (κ1) is 24.2. The fourth-order valence-electron chi connectivity index (χ4n) is 2.59. The molecule has 11 heteroatoms. The summed E-state index contributed by atoms with van der Waals surface area (Å²) in [6.45, 7) is 1.20. The van der Waals surface area contributed by atoms with Gasteiger partial charge >= 0.3 is 0 Å². The minimum atomic E-state index is -1.53. The van der Waals surface area contributed by atoms with Crippen LogP contribution in [0.1, 0.15) is 6.92 Å². The molecule has 31 heavy (non-hydrogen) atoms. The van der Waals surface area contributed by atoms with Crippen LogP contribution >= 0.6 is 23.4 Å². The molecule has 0 saturated heterocycles. The van der Waals surface area contributed by atoms with Crippen LogP contribution in [0.4, 0.5) is 11.4 Å². The summed E-state index contributed by atoms with van der Waals surface area (Å²) in [5, 5.41) is 8.03. The Morgan fingerprint density at radius 3 is 1.94 bits per heavy atom. The maximum absolute atomic E-state index is 13.0. The number of hydrogen-bond donors (Lipinski definition) is 0. The lowest BCUT2D eigenvalue weighted by Gasteiger charge is -2.21. The molecule has 0 spiro atoms. The first-order chi connectivity index (χ1) is 14.8. The number of rotatable bonds is 9. The van der Waals surface area contributed by atoms with Gasteiger partial charge < -0.3 is 18.9 Å². The summed E-state index contributed by atoms with van der Waals surface area (Å²) in [7, 11) is 5.73. The number of amides is 1. The lowest BCUT2D eigenvalue weighted by Crippen LogP contribution is -2.36. The second kappa shape index (κ2) is 10.8. The summed E-state index contributed by atoms with van der Waals surface area (Å²) < 4.78 is 21.6. The third-order valence-electron chi connectivity index (χ3n) is 4.14. The number of Topliss-reactive ketones (excluding diaryl/α,β-unsaturated/α-hetero) is 1. The molecule has 0 heterocycles. The normalized spacial score (nSPS) is 11.7. The van der Waals surface area contributed by atoms with Crippen molar-refractivity contribution in [2.45, 2.75) is 13.0 Å². The van der Waals surface area contributed by atoms with E-state index in [1.54, 1.807) is 18.2 Å². The van der Waals surface area contributed by atoms with Crippen LogP contribution in [-0.2, 0) is 9.59 Å². The molecule has 0 radical (unpaired) electrons. The van der Waals surface area contributed by atoms with Gasteiger partial charge in [-0.15, -0.1) is 0 Å². The van der Waals surface area contributed by atoms with E-state index in [1.165, 1.54) is 47.5 Å². The molecule has 1 unspecified atom stereocenters. The SMILES string of the molecule is COc1cc(Cl)c(N=NC(C(C)=O)C(=O)N(Cl)c2c(OC)cccc2OC)cc1OC. The number of hydrogen-bond acceptors (Lipinski definition) is 8. The predicted molar refractivity (Wildman–Crippen MR) is 116 cm³/mol. The minimum absolute atomic E-state index is 0.129. The molecule has 0 aliphatic carbocycles. The Kier molecular flexibility index (Phi) is 8.47. The van der Waals surface area contributed by atoms with Gasteiger partial charge in [0.15, 0.2) is 17.3 Å². The van der Waals surface area contributed by atoms with E-state index >= 15 is 0 Å². The van der Waals surface area contributed by atoms with Crippen molar-refractivity contribution in [3.05, 3.63) is 35.4 Å². The van der Waals surface area contributed by atoms with E-state index in [9.17, 15) is 9.59 Å². The summed E-state index contributed by atoms with van der Waals surface area (Å²) in [5.41, 5.74) is 0.305. The number of methoxy groups -OCH3 is 4. The van der Waals surface area contributed by atoms with Crippen molar-refractivity contribution in [3.63, 3.8) is 0 Å². The van der Waals surface area contributed by atoms with Crippen LogP contribution in [0.25, 0.3) is 0 Å². The minimum Gasteiger partial charge on any atom is -0.494 e. The Bertz CT molecular complexity index is 977. The third-order valence-corrected chi connectivity index (χ3v) is 4.78. The van der Waals surface area contributed by atoms with E-state index in [1.807, 2.05) is 0 Å². The molecule has 2 rings (SSSR count). The highest BCUT2D eigenvalue weighted by Gasteiger charge is 2.32. The number of nitrogens with zero attached hydrogens (tertiary/aromatic N) is 3. The van der Waals surface area contributed by atoms with Gasteiger partial charge in [0.2, 0.25) is 6.04 Å². The largest absolute Gasteiger partial charge is 0.494 e. The Morgan fingerprint density at radius 1 is 0.935 bits per heavy atom.